The molecular formula is C9H15NaO10Zr. The molecule has 0 saturated heterocycles. The van der Waals surface area contributed by atoms with E-state index in [9.17, 15) is 29.7 Å². The van der Waals surface area contributed by atoms with Crippen LogP contribution in [0.3, 0.4) is 0 Å². The summed E-state index contributed by atoms with van der Waals surface area (Å²) in [5.74, 6) is -4.31. The topological polar surface area (TPSA) is 198 Å². The van der Waals surface area contributed by atoms with Crippen LogP contribution in [0.4, 0.5) is 0 Å². The molecular weight excluding hydrogens is 382 g/mol. The molecule has 0 aliphatic carbocycles. The molecule has 10 nitrogen and oxygen atoms in total. The summed E-state index contributed by atoms with van der Waals surface area (Å²) in [7, 11) is 0. The van der Waals surface area contributed by atoms with E-state index in [0.29, 0.717) is 24.7 Å². The molecule has 0 rings (SSSR count). The van der Waals surface area contributed by atoms with Gasteiger partial charge in [-0.2, -0.15) is 0 Å². The Morgan fingerprint density at radius 3 is 0.762 bits per heavy atom. The molecule has 3 atom stereocenters. The van der Waals surface area contributed by atoms with Crippen LogP contribution in [0.25, 0.3) is 0 Å². The third-order valence-corrected chi connectivity index (χ3v) is 1.02. The molecule has 3 unspecified atom stereocenters. The van der Waals surface area contributed by atoms with Crippen LogP contribution in [0.15, 0.2) is 0 Å². The first kappa shape index (κ1) is 32.8. The van der Waals surface area contributed by atoms with Crippen LogP contribution in [0.1, 0.15) is 20.8 Å². The molecule has 0 aromatic carbocycles. The number of hydrogen-bond donors (Lipinski definition) is 3. The van der Waals surface area contributed by atoms with Crippen molar-refractivity contribution >= 4 is 17.9 Å². The second-order valence-corrected chi connectivity index (χ2v) is 2.99. The first-order chi connectivity index (χ1) is 8.93. The number of hydrogen-bond acceptors (Lipinski definition) is 10. The molecule has 116 valence electrons. The van der Waals surface area contributed by atoms with Gasteiger partial charge < -0.3 is 45.0 Å². The molecule has 0 spiro atoms. The van der Waals surface area contributed by atoms with Crippen molar-refractivity contribution in [1.82, 2.24) is 0 Å². The van der Waals surface area contributed by atoms with Gasteiger partial charge in [-0.15, -0.1) is 0 Å². The van der Waals surface area contributed by atoms with Crippen molar-refractivity contribution in [2.45, 2.75) is 39.1 Å². The molecule has 0 bridgehead atoms. The van der Waals surface area contributed by atoms with Gasteiger partial charge in [0.25, 0.3) is 0 Å². The van der Waals surface area contributed by atoms with Gasteiger partial charge >= 0.3 is 57.1 Å². The predicted molar refractivity (Wildman–Crippen MR) is 50.7 cm³/mol. The molecule has 3 N–H and O–H groups in total. The zero-order valence-electron chi connectivity index (χ0n) is 11.9. The Balaban J connectivity index is -0.0000000561. The fourth-order valence-corrected chi connectivity index (χ4v) is 0. The summed E-state index contributed by atoms with van der Waals surface area (Å²) in [5, 5.41) is 51.9. The van der Waals surface area contributed by atoms with Crippen molar-refractivity contribution in [3.63, 3.8) is 0 Å². The van der Waals surface area contributed by atoms with Crippen LogP contribution < -0.4 is 44.9 Å². The van der Waals surface area contributed by atoms with Crippen molar-refractivity contribution in [1.29, 1.82) is 0 Å². The van der Waals surface area contributed by atoms with Crippen LogP contribution in [-0.2, 0) is 41.9 Å². The summed E-state index contributed by atoms with van der Waals surface area (Å²) in [6, 6.07) is 0. The fourth-order valence-electron chi connectivity index (χ4n) is 0. The van der Waals surface area contributed by atoms with Gasteiger partial charge in [0.2, 0.25) is 0 Å². The Morgan fingerprint density at radius 2 is 0.762 bits per heavy atom. The van der Waals surface area contributed by atoms with E-state index in [4.69, 9.17) is 18.1 Å². The van der Waals surface area contributed by atoms with Gasteiger partial charge in [0.1, 0.15) is 0 Å². The van der Waals surface area contributed by atoms with E-state index in [1.165, 1.54) is 0 Å². The third-order valence-electron chi connectivity index (χ3n) is 1.02. The number of carbonyl (C=O) groups excluding carboxylic acids is 3. The summed E-state index contributed by atoms with van der Waals surface area (Å²) in [4.78, 5) is 28.0. The zero-order chi connectivity index (χ0) is 17.5. The standard InChI is InChI=1S/3C3H6O3.Na.O.Zr/c3*1-2(4)3(5)6;;;/h3*2,4H,1H3,(H,5,6);;;/q;;;+1;;+2/p-3. The first-order valence-corrected chi connectivity index (χ1v) is 5.81. The molecule has 0 aromatic rings. The van der Waals surface area contributed by atoms with Gasteiger partial charge in [0.15, 0.2) is 0 Å². The van der Waals surface area contributed by atoms with E-state index in [0.717, 1.165) is 20.8 Å². The number of aliphatic carboxylic acids is 3. The van der Waals surface area contributed by atoms with E-state index in [2.05, 4.69) is 0 Å². The van der Waals surface area contributed by atoms with E-state index in [1.54, 1.807) is 0 Å². The summed E-state index contributed by atoms with van der Waals surface area (Å²) in [5.41, 5.74) is 0. The molecule has 0 radical (unpaired) electrons. The van der Waals surface area contributed by atoms with Crippen LogP contribution in [-0.4, -0.2) is 51.5 Å². The number of carbonyl (C=O) groups is 3. The molecule has 0 fully saturated rings. The predicted octanol–water partition coefficient (Wildman–Crippen LogP) is -8.77. The van der Waals surface area contributed by atoms with Crippen LogP contribution in [0.2, 0.25) is 0 Å². The second-order valence-electron chi connectivity index (χ2n) is 2.99. The molecule has 0 aliphatic heterocycles. The molecule has 0 amide bonds. The van der Waals surface area contributed by atoms with Crippen LogP contribution >= 0.6 is 0 Å². The fraction of sp³-hybridized carbons (Fsp3) is 0.667. The minimum absolute atomic E-state index is 0. The quantitative estimate of drug-likeness (QED) is 0.384. The Morgan fingerprint density at radius 1 is 0.714 bits per heavy atom. The first-order valence-electron chi connectivity index (χ1n) is 4.80. The van der Waals surface area contributed by atoms with E-state index in [-0.39, 0.29) is 29.6 Å². The Kier molecular flexibility index (Phi) is 34.8. The maximum atomic E-state index is 9.34. The molecule has 21 heavy (non-hydrogen) atoms. The summed E-state index contributed by atoms with van der Waals surface area (Å²) in [6.45, 7) is 3.40. The van der Waals surface area contributed by atoms with Gasteiger partial charge in [-0.3, -0.25) is 0 Å². The molecule has 0 aromatic heterocycles. The van der Waals surface area contributed by atoms with E-state index >= 15 is 0 Å². The minimum atomic E-state index is -1.44. The average molecular weight is 397 g/mol. The molecule has 12 heteroatoms. The van der Waals surface area contributed by atoms with Crippen molar-refractivity contribution in [2.24, 2.45) is 0 Å². The van der Waals surface area contributed by atoms with Gasteiger partial charge in [0, 0.05) is 0 Å². The number of aliphatic hydroxyl groups excluding tert-OH is 3. The van der Waals surface area contributed by atoms with Crippen molar-refractivity contribution < 1.29 is 102 Å². The molecule has 0 heterocycles. The summed E-state index contributed by atoms with van der Waals surface area (Å²) in [6.07, 6.45) is -4.03. The summed E-state index contributed by atoms with van der Waals surface area (Å²) >= 11 is 0.300. The van der Waals surface area contributed by atoms with Gasteiger partial charge in [-0.1, -0.05) is 0 Å². The monoisotopic (exact) mass is 396 g/mol. The zero-order valence-corrected chi connectivity index (χ0v) is 16.4. The van der Waals surface area contributed by atoms with Crippen LogP contribution in [0.5, 0.6) is 0 Å². The third kappa shape index (κ3) is 45.0. The number of aliphatic hydroxyl groups is 3. The SMILES string of the molecule is CC(O)C(=O)[O-].CC(O)C(=O)[O-].CC(O)C(=O)[O-].[Na+].[O]=[Zr+2]. The Hall–Kier alpha value is -0.0269. The second kappa shape index (κ2) is 22.3. The van der Waals surface area contributed by atoms with Crippen molar-refractivity contribution in [3.8, 4) is 0 Å². The Bertz CT molecular complexity index is 239. The van der Waals surface area contributed by atoms with Crippen molar-refractivity contribution in [2.75, 3.05) is 0 Å². The number of carboxylic acids is 3. The van der Waals surface area contributed by atoms with Gasteiger partial charge in [0.05, 0.1) is 36.2 Å². The average Bonchev–Trinajstić information content (AvgIpc) is 2.32. The molecule has 0 aliphatic rings. The maximum absolute atomic E-state index is 9.34. The van der Waals surface area contributed by atoms with Gasteiger partial charge in [-0.05, 0) is 20.8 Å². The van der Waals surface area contributed by atoms with Crippen molar-refractivity contribution in [3.05, 3.63) is 0 Å². The number of rotatable bonds is 3. The number of carboxylic acid groups (broad SMARTS) is 3. The summed E-state index contributed by atoms with van der Waals surface area (Å²) < 4.78 is 8.34. The normalized spacial score (nSPS) is 12.0. The van der Waals surface area contributed by atoms with E-state index in [1.807, 2.05) is 0 Å². The Labute approximate surface area is 158 Å². The van der Waals surface area contributed by atoms with E-state index < -0.39 is 36.2 Å². The van der Waals surface area contributed by atoms with Gasteiger partial charge in [-0.25, -0.2) is 0 Å². The van der Waals surface area contributed by atoms with Crippen LogP contribution in [0, 0.1) is 0 Å². The molecule has 0 saturated carbocycles.